The normalized spacial score (nSPS) is 14.3. The van der Waals surface area contributed by atoms with Crippen molar-refractivity contribution in [2.45, 2.75) is 25.9 Å². The monoisotopic (exact) mass is 254 g/mol. The molecule has 0 aliphatic heterocycles. The van der Waals surface area contributed by atoms with Crippen LogP contribution in [0, 0.1) is 0 Å². The number of rotatable bonds is 9. The zero-order valence-electron chi connectivity index (χ0n) is 10.1. The molecule has 0 fully saturated rings. The van der Waals surface area contributed by atoms with E-state index in [1.807, 2.05) is 6.92 Å². The second-order valence-corrected chi connectivity index (χ2v) is 5.50. The minimum absolute atomic E-state index is 0.0351. The maximum Gasteiger partial charge on any atom is 0.279 e. The minimum Gasteiger partial charge on any atom is -0.389 e. The van der Waals surface area contributed by atoms with Crippen LogP contribution in [0.3, 0.4) is 0 Å². The molecular weight excluding hydrogens is 232 g/mol. The van der Waals surface area contributed by atoms with E-state index in [9.17, 15) is 13.5 Å². The SMILES string of the molecule is CCCCN(C)S(=O)(=O)NCC(O)COC. The average molecular weight is 254 g/mol. The molecule has 0 aromatic carbocycles. The average Bonchev–Trinajstić information content (AvgIpc) is 2.23. The zero-order valence-corrected chi connectivity index (χ0v) is 11.0. The molecule has 98 valence electrons. The van der Waals surface area contributed by atoms with E-state index in [1.165, 1.54) is 18.5 Å². The Morgan fingerprint density at radius 1 is 1.50 bits per heavy atom. The maximum atomic E-state index is 11.6. The van der Waals surface area contributed by atoms with E-state index in [0.717, 1.165) is 12.8 Å². The quantitative estimate of drug-likeness (QED) is 0.585. The number of unbranched alkanes of at least 4 members (excludes halogenated alkanes) is 1. The van der Waals surface area contributed by atoms with Crippen molar-refractivity contribution in [1.82, 2.24) is 9.03 Å². The van der Waals surface area contributed by atoms with Crippen LogP contribution in [0.15, 0.2) is 0 Å². The molecule has 1 unspecified atom stereocenters. The van der Waals surface area contributed by atoms with Gasteiger partial charge in [0.15, 0.2) is 0 Å². The minimum atomic E-state index is -3.48. The summed E-state index contributed by atoms with van der Waals surface area (Å²) in [6.45, 7) is 2.55. The van der Waals surface area contributed by atoms with Gasteiger partial charge in [-0.1, -0.05) is 13.3 Å². The lowest BCUT2D eigenvalue weighted by atomic mass is 10.3. The molecule has 0 amide bonds. The van der Waals surface area contributed by atoms with Crippen LogP contribution in [0.2, 0.25) is 0 Å². The summed E-state index contributed by atoms with van der Waals surface area (Å²) in [5.74, 6) is 0. The van der Waals surface area contributed by atoms with Crippen LogP contribution in [-0.2, 0) is 14.9 Å². The van der Waals surface area contributed by atoms with Crippen molar-refractivity contribution in [3.05, 3.63) is 0 Å². The molecule has 6 nitrogen and oxygen atoms in total. The number of ether oxygens (including phenoxy) is 1. The molecule has 0 aliphatic carbocycles. The molecule has 0 spiro atoms. The van der Waals surface area contributed by atoms with Gasteiger partial charge in [0.25, 0.3) is 10.2 Å². The van der Waals surface area contributed by atoms with E-state index in [-0.39, 0.29) is 13.2 Å². The van der Waals surface area contributed by atoms with Gasteiger partial charge in [-0.2, -0.15) is 17.4 Å². The van der Waals surface area contributed by atoms with Crippen LogP contribution < -0.4 is 4.72 Å². The fourth-order valence-corrected chi connectivity index (χ4v) is 2.06. The summed E-state index contributed by atoms with van der Waals surface area (Å²) in [6, 6.07) is 0. The predicted molar refractivity (Wildman–Crippen MR) is 62.3 cm³/mol. The summed E-state index contributed by atoms with van der Waals surface area (Å²) in [6.07, 6.45) is 0.934. The molecule has 7 heteroatoms. The Hall–Kier alpha value is -0.210. The number of aliphatic hydroxyl groups excluding tert-OH is 1. The van der Waals surface area contributed by atoms with Crippen molar-refractivity contribution < 1.29 is 18.3 Å². The lowest BCUT2D eigenvalue weighted by Crippen LogP contribution is -2.42. The highest BCUT2D eigenvalue weighted by Crippen LogP contribution is 1.98. The van der Waals surface area contributed by atoms with E-state index < -0.39 is 16.3 Å². The van der Waals surface area contributed by atoms with Crippen LogP contribution >= 0.6 is 0 Å². The zero-order chi connectivity index (χ0) is 12.6. The Morgan fingerprint density at radius 2 is 2.12 bits per heavy atom. The van der Waals surface area contributed by atoms with Crippen LogP contribution in [0.1, 0.15) is 19.8 Å². The molecule has 0 aromatic rings. The largest absolute Gasteiger partial charge is 0.389 e. The first kappa shape index (κ1) is 15.8. The third-order valence-corrected chi connectivity index (χ3v) is 3.63. The fourth-order valence-electron chi connectivity index (χ4n) is 1.06. The number of nitrogens with one attached hydrogen (secondary N) is 1. The van der Waals surface area contributed by atoms with Gasteiger partial charge in [-0.15, -0.1) is 0 Å². The van der Waals surface area contributed by atoms with Crippen molar-refractivity contribution in [1.29, 1.82) is 0 Å². The Balaban J connectivity index is 4.03. The summed E-state index contributed by atoms with van der Waals surface area (Å²) in [7, 11) is -0.514. The number of nitrogens with zero attached hydrogens (tertiary/aromatic N) is 1. The van der Waals surface area contributed by atoms with Gasteiger partial charge in [-0.05, 0) is 6.42 Å². The number of aliphatic hydroxyl groups is 1. The van der Waals surface area contributed by atoms with E-state index in [0.29, 0.717) is 6.54 Å². The van der Waals surface area contributed by atoms with Crippen molar-refractivity contribution in [3.8, 4) is 0 Å². The molecule has 0 saturated heterocycles. The topological polar surface area (TPSA) is 78.9 Å². The van der Waals surface area contributed by atoms with Gasteiger partial charge in [0.2, 0.25) is 0 Å². The van der Waals surface area contributed by atoms with Gasteiger partial charge in [-0.3, -0.25) is 0 Å². The number of hydrogen-bond donors (Lipinski definition) is 2. The molecule has 0 bridgehead atoms. The van der Waals surface area contributed by atoms with Gasteiger partial charge in [0.1, 0.15) is 0 Å². The molecule has 0 heterocycles. The molecule has 0 aliphatic rings. The Labute approximate surface area is 97.8 Å². The summed E-state index contributed by atoms with van der Waals surface area (Å²) in [5, 5.41) is 9.30. The van der Waals surface area contributed by atoms with Crippen LogP contribution in [0.4, 0.5) is 0 Å². The lowest BCUT2D eigenvalue weighted by molar-refractivity contribution is 0.0677. The van der Waals surface area contributed by atoms with Crippen molar-refractivity contribution >= 4 is 10.2 Å². The first-order valence-corrected chi connectivity index (χ1v) is 6.76. The standard InChI is InChI=1S/C9H22N2O4S/c1-4-5-6-11(2)16(13,14)10-7-9(12)8-15-3/h9-10,12H,4-8H2,1-3H3. The summed E-state index contributed by atoms with van der Waals surface area (Å²) >= 11 is 0. The van der Waals surface area contributed by atoms with E-state index in [4.69, 9.17) is 4.74 Å². The van der Waals surface area contributed by atoms with Gasteiger partial charge in [-0.25, -0.2) is 0 Å². The highest BCUT2D eigenvalue weighted by atomic mass is 32.2. The Morgan fingerprint density at radius 3 is 2.62 bits per heavy atom. The number of methoxy groups -OCH3 is 1. The third-order valence-electron chi connectivity index (χ3n) is 2.10. The summed E-state index contributed by atoms with van der Waals surface area (Å²) in [5.41, 5.74) is 0. The highest BCUT2D eigenvalue weighted by Gasteiger charge is 2.17. The molecule has 1 atom stereocenters. The third kappa shape index (κ3) is 6.39. The smallest absolute Gasteiger partial charge is 0.279 e. The van der Waals surface area contributed by atoms with Gasteiger partial charge >= 0.3 is 0 Å². The van der Waals surface area contributed by atoms with E-state index in [2.05, 4.69) is 4.72 Å². The Bertz CT molecular complexity index is 269. The van der Waals surface area contributed by atoms with E-state index >= 15 is 0 Å². The van der Waals surface area contributed by atoms with Crippen LogP contribution in [-0.4, -0.2) is 57.8 Å². The molecule has 2 N–H and O–H groups in total. The van der Waals surface area contributed by atoms with E-state index in [1.54, 1.807) is 0 Å². The van der Waals surface area contributed by atoms with Crippen molar-refractivity contribution in [2.75, 3.05) is 33.9 Å². The molecular formula is C9H22N2O4S. The summed E-state index contributed by atoms with van der Waals surface area (Å²) < 4.78 is 31.5. The molecule has 0 rings (SSSR count). The molecule has 0 saturated carbocycles. The van der Waals surface area contributed by atoms with Gasteiger partial charge < -0.3 is 9.84 Å². The first-order chi connectivity index (χ1) is 7.44. The Kier molecular flexibility index (Phi) is 7.86. The second kappa shape index (κ2) is 7.97. The van der Waals surface area contributed by atoms with Gasteiger partial charge in [0, 0.05) is 27.2 Å². The molecule has 16 heavy (non-hydrogen) atoms. The number of hydrogen-bond acceptors (Lipinski definition) is 4. The van der Waals surface area contributed by atoms with Crippen LogP contribution in [0.25, 0.3) is 0 Å². The van der Waals surface area contributed by atoms with Crippen LogP contribution in [0.5, 0.6) is 0 Å². The van der Waals surface area contributed by atoms with Gasteiger partial charge in [0.05, 0.1) is 12.7 Å². The maximum absolute atomic E-state index is 11.6. The van der Waals surface area contributed by atoms with Crippen molar-refractivity contribution in [2.24, 2.45) is 0 Å². The highest BCUT2D eigenvalue weighted by molar-refractivity contribution is 7.87. The predicted octanol–water partition coefficient (Wildman–Crippen LogP) is -0.440. The first-order valence-electron chi connectivity index (χ1n) is 5.32. The molecule has 0 radical (unpaired) electrons. The fraction of sp³-hybridized carbons (Fsp3) is 1.00. The van der Waals surface area contributed by atoms with Crippen molar-refractivity contribution in [3.63, 3.8) is 0 Å². The lowest BCUT2D eigenvalue weighted by Gasteiger charge is -2.18. The second-order valence-electron chi connectivity index (χ2n) is 3.64. The molecule has 0 aromatic heterocycles. The summed E-state index contributed by atoms with van der Waals surface area (Å²) in [4.78, 5) is 0.